The van der Waals surface area contributed by atoms with Crippen molar-refractivity contribution >= 4 is 11.9 Å². The van der Waals surface area contributed by atoms with E-state index in [0.717, 1.165) is 18.4 Å². The van der Waals surface area contributed by atoms with Gasteiger partial charge in [-0.05, 0) is 30.5 Å². The van der Waals surface area contributed by atoms with E-state index in [4.69, 9.17) is 9.47 Å². The molecule has 0 saturated heterocycles. The maximum absolute atomic E-state index is 12.3. The first-order chi connectivity index (χ1) is 13.2. The van der Waals surface area contributed by atoms with Crippen LogP contribution in [-0.4, -0.2) is 36.1 Å². The van der Waals surface area contributed by atoms with Gasteiger partial charge in [-0.3, -0.25) is 4.79 Å². The van der Waals surface area contributed by atoms with Gasteiger partial charge in [-0.25, -0.2) is 9.97 Å². The van der Waals surface area contributed by atoms with Gasteiger partial charge in [0.15, 0.2) is 11.5 Å². The summed E-state index contributed by atoms with van der Waals surface area (Å²) >= 11 is 0. The van der Waals surface area contributed by atoms with Crippen LogP contribution in [0.4, 0.5) is 5.95 Å². The van der Waals surface area contributed by atoms with Crippen LogP contribution in [0.5, 0.6) is 11.5 Å². The van der Waals surface area contributed by atoms with Crippen LogP contribution < -0.4 is 20.1 Å². The summed E-state index contributed by atoms with van der Waals surface area (Å²) in [4.78, 5) is 20.8. The molecule has 1 aromatic carbocycles. The van der Waals surface area contributed by atoms with Crippen LogP contribution in [0.3, 0.4) is 0 Å². The molecular formula is C20H26N4O3. The Morgan fingerprint density at radius 1 is 1.07 bits per heavy atom. The number of hydrogen-bond acceptors (Lipinski definition) is 6. The average molecular weight is 370 g/mol. The zero-order valence-corrected chi connectivity index (χ0v) is 15.8. The van der Waals surface area contributed by atoms with E-state index < -0.39 is 0 Å². The summed E-state index contributed by atoms with van der Waals surface area (Å²) in [6.45, 7) is 0.536. The highest BCUT2D eigenvalue weighted by Crippen LogP contribution is 2.27. The molecule has 7 heteroatoms. The summed E-state index contributed by atoms with van der Waals surface area (Å²) in [6.07, 6.45) is 8.84. The molecule has 1 amide bonds. The summed E-state index contributed by atoms with van der Waals surface area (Å²) in [6, 6.07) is 5.97. The standard InChI is InChI=1S/C20H26N4O3/c1-26-17-9-8-14(10-18(17)27-2)11-21-20-22-12-15(13-23-20)19(25)24-16-6-4-3-5-7-16/h8-10,12-13,16H,3-7,11H2,1-2H3,(H,24,25)(H,21,22,23). The van der Waals surface area contributed by atoms with Crippen LogP contribution in [0, 0.1) is 0 Å². The molecule has 1 aromatic heterocycles. The Balaban J connectivity index is 1.55. The molecule has 1 aliphatic carbocycles. The largest absolute Gasteiger partial charge is 0.493 e. The second-order valence-electron chi connectivity index (χ2n) is 6.65. The highest BCUT2D eigenvalue weighted by molar-refractivity contribution is 5.93. The molecule has 144 valence electrons. The van der Waals surface area contributed by atoms with Crippen molar-refractivity contribution in [3.63, 3.8) is 0 Å². The lowest BCUT2D eigenvalue weighted by Crippen LogP contribution is -2.36. The molecule has 1 fully saturated rings. The minimum Gasteiger partial charge on any atom is -0.493 e. The predicted molar refractivity (Wildman–Crippen MR) is 103 cm³/mol. The van der Waals surface area contributed by atoms with Crippen molar-refractivity contribution in [3.05, 3.63) is 41.7 Å². The van der Waals surface area contributed by atoms with Crippen LogP contribution in [-0.2, 0) is 6.54 Å². The Morgan fingerprint density at radius 3 is 2.44 bits per heavy atom. The third-order valence-electron chi connectivity index (χ3n) is 4.75. The fraction of sp³-hybridized carbons (Fsp3) is 0.450. The molecule has 1 saturated carbocycles. The first-order valence-corrected chi connectivity index (χ1v) is 9.27. The lowest BCUT2D eigenvalue weighted by molar-refractivity contribution is 0.0927. The van der Waals surface area contributed by atoms with Gasteiger partial charge < -0.3 is 20.1 Å². The maximum atomic E-state index is 12.3. The molecule has 2 N–H and O–H groups in total. The number of anilines is 1. The van der Waals surface area contributed by atoms with E-state index in [0.29, 0.717) is 29.6 Å². The fourth-order valence-corrected chi connectivity index (χ4v) is 3.22. The Bertz CT molecular complexity index is 758. The minimum absolute atomic E-state index is 0.103. The van der Waals surface area contributed by atoms with Crippen molar-refractivity contribution in [2.75, 3.05) is 19.5 Å². The number of carbonyl (C=O) groups is 1. The molecule has 0 radical (unpaired) electrons. The number of rotatable bonds is 7. The van der Waals surface area contributed by atoms with Crippen LogP contribution in [0.2, 0.25) is 0 Å². The summed E-state index contributed by atoms with van der Waals surface area (Å²) in [5.41, 5.74) is 1.49. The number of amides is 1. The van der Waals surface area contributed by atoms with E-state index in [1.54, 1.807) is 26.6 Å². The minimum atomic E-state index is -0.103. The molecule has 1 heterocycles. The molecule has 2 aromatic rings. The van der Waals surface area contributed by atoms with Crippen molar-refractivity contribution < 1.29 is 14.3 Å². The molecule has 0 atom stereocenters. The van der Waals surface area contributed by atoms with E-state index in [-0.39, 0.29) is 11.9 Å². The number of methoxy groups -OCH3 is 2. The molecule has 7 nitrogen and oxygen atoms in total. The van der Waals surface area contributed by atoms with Crippen molar-refractivity contribution in [2.45, 2.75) is 44.7 Å². The van der Waals surface area contributed by atoms with Crippen molar-refractivity contribution in [2.24, 2.45) is 0 Å². The Hall–Kier alpha value is -2.83. The Kier molecular flexibility index (Phi) is 6.46. The van der Waals surface area contributed by atoms with Gasteiger partial charge in [-0.2, -0.15) is 0 Å². The third kappa shape index (κ3) is 5.09. The number of hydrogen-bond donors (Lipinski definition) is 2. The highest BCUT2D eigenvalue weighted by Gasteiger charge is 2.17. The summed E-state index contributed by atoms with van der Waals surface area (Å²) in [7, 11) is 3.21. The van der Waals surface area contributed by atoms with Crippen molar-refractivity contribution in [1.29, 1.82) is 0 Å². The van der Waals surface area contributed by atoms with Gasteiger partial charge in [0.2, 0.25) is 5.95 Å². The Morgan fingerprint density at radius 2 is 1.78 bits per heavy atom. The van der Waals surface area contributed by atoms with Crippen molar-refractivity contribution in [1.82, 2.24) is 15.3 Å². The number of carbonyl (C=O) groups excluding carboxylic acids is 1. The van der Waals surface area contributed by atoms with Gasteiger partial charge in [0.05, 0.1) is 19.8 Å². The molecule has 27 heavy (non-hydrogen) atoms. The molecule has 0 unspecified atom stereocenters. The number of nitrogens with one attached hydrogen (secondary N) is 2. The van der Waals surface area contributed by atoms with Gasteiger partial charge in [0.25, 0.3) is 5.91 Å². The topological polar surface area (TPSA) is 85.4 Å². The first kappa shape index (κ1) is 18.9. The van der Waals surface area contributed by atoms with Crippen LogP contribution in [0.25, 0.3) is 0 Å². The lowest BCUT2D eigenvalue weighted by Gasteiger charge is -2.22. The second-order valence-corrected chi connectivity index (χ2v) is 6.65. The van der Waals surface area contributed by atoms with Gasteiger partial charge >= 0.3 is 0 Å². The zero-order valence-electron chi connectivity index (χ0n) is 15.8. The zero-order chi connectivity index (χ0) is 19.1. The number of nitrogens with zero attached hydrogens (tertiary/aromatic N) is 2. The fourth-order valence-electron chi connectivity index (χ4n) is 3.22. The molecule has 0 bridgehead atoms. The monoisotopic (exact) mass is 370 g/mol. The highest BCUT2D eigenvalue weighted by atomic mass is 16.5. The van der Waals surface area contributed by atoms with E-state index >= 15 is 0 Å². The molecular weight excluding hydrogens is 344 g/mol. The maximum Gasteiger partial charge on any atom is 0.254 e. The Labute approximate surface area is 159 Å². The van der Waals surface area contributed by atoms with Gasteiger partial charge in [0.1, 0.15) is 0 Å². The smallest absolute Gasteiger partial charge is 0.254 e. The van der Waals surface area contributed by atoms with E-state index in [9.17, 15) is 4.79 Å². The predicted octanol–water partition coefficient (Wildman–Crippen LogP) is 3.17. The molecule has 0 spiro atoms. The van der Waals surface area contributed by atoms with Crippen LogP contribution >= 0.6 is 0 Å². The van der Waals surface area contributed by atoms with Crippen molar-refractivity contribution in [3.8, 4) is 11.5 Å². The number of ether oxygens (including phenoxy) is 2. The van der Waals surface area contributed by atoms with E-state index in [2.05, 4.69) is 20.6 Å². The van der Waals surface area contributed by atoms with Gasteiger partial charge in [-0.15, -0.1) is 0 Å². The van der Waals surface area contributed by atoms with Crippen LogP contribution in [0.1, 0.15) is 48.0 Å². The average Bonchev–Trinajstić information content (AvgIpc) is 2.73. The van der Waals surface area contributed by atoms with Crippen LogP contribution in [0.15, 0.2) is 30.6 Å². The van der Waals surface area contributed by atoms with E-state index in [1.807, 2.05) is 18.2 Å². The first-order valence-electron chi connectivity index (χ1n) is 9.27. The summed E-state index contributed by atoms with van der Waals surface area (Å²) < 4.78 is 10.5. The molecule has 1 aliphatic rings. The normalized spacial score (nSPS) is 14.4. The quantitative estimate of drug-likeness (QED) is 0.779. The number of aromatic nitrogens is 2. The van der Waals surface area contributed by atoms with E-state index in [1.165, 1.54) is 19.3 Å². The SMILES string of the molecule is COc1ccc(CNc2ncc(C(=O)NC3CCCCC3)cn2)cc1OC. The van der Waals surface area contributed by atoms with Gasteiger partial charge in [0, 0.05) is 25.0 Å². The number of benzene rings is 1. The van der Waals surface area contributed by atoms with Gasteiger partial charge in [-0.1, -0.05) is 25.3 Å². The third-order valence-corrected chi connectivity index (χ3v) is 4.75. The second kappa shape index (κ2) is 9.21. The molecule has 0 aliphatic heterocycles. The summed E-state index contributed by atoms with van der Waals surface area (Å²) in [5, 5.41) is 6.22. The summed E-state index contributed by atoms with van der Waals surface area (Å²) in [5.74, 6) is 1.73. The lowest BCUT2D eigenvalue weighted by atomic mass is 9.95. The molecule has 3 rings (SSSR count).